The second-order valence-electron chi connectivity index (χ2n) is 7.68. The molecule has 154 valence electrons. The van der Waals surface area contributed by atoms with Gasteiger partial charge in [-0.2, -0.15) is 0 Å². The van der Waals surface area contributed by atoms with Crippen LogP contribution >= 0.6 is 0 Å². The fraction of sp³-hybridized carbons (Fsp3) is 0.320. The maximum Gasteiger partial charge on any atom is 0.322 e. The number of rotatable bonds is 8. The van der Waals surface area contributed by atoms with Crippen LogP contribution in [0.15, 0.2) is 54.1 Å². The Kier molecular flexibility index (Phi) is 8.22. The summed E-state index contributed by atoms with van der Waals surface area (Å²) in [7, 11) is 0. The number of carbonyl (C=O) groups is 1. The first kappa shape index (κ1) is 22.4. The lowest BCUT2D eigenvalue weighted by Crippen LogP contribution is -2.29. The number of esters is 1. The van der Waals surface area contributed by atoms with Crippen molar-refractivity contribution >= 4 is 29.4 Å². The predicted octanol–water partition coefficient (Wildman–Crippen LogP) is 5.36. The molecular weight excluding hydrogens is 360 g/mol. The van der Waals surface area contributed by atoms with Crippen LogP contribution in [0.25, 0.3) is 17.7 Å². The Balaban J connectivity index is 2.01. The molecule has 0 bridgehead atoms. The number of ether oxygens (including phenoxy) is 1. The average molecular weight is 393 g/mol. The highest BCUT2D eigenvalue weighted by molar-refractivity contribution is 5.76. The quantitative estimate of drug-likeness (QED) is 0.469. The standard InChI is InChI=1S/C25H32N2O2/c1-17(2)27-24-14-10-22(11-15-24)7-6-21-8-12-23(13-9-21)19(4)18(3)16-29-25(28)20(5)26/h6-15,17,20,27H,16,26H2,1-5H3/b7-6+,19-18+. The normalized spacial score (nSPS) is 13.3. The molecule has 1 atom stereocenters. The second kappa shape index (κ2) is 10.6. The summed E-state index contributed by atoms with van der Waals surface area (Å²) < 4.78 is 5.21. The minimum atomic E-state index is -0.600. The van der Waals surface area contributed by atoms with Crippen molar-refractivity contribution in [2.75, 3.05) is 11.9 Å². The summed E-state index contributed by atoms with van der Waals surface area (Å²) in [4.78, 5) is 11.5. The monoisotopic (exact) mass is 392 g/mol. The molecule has 0 aromatic heterocycles. The van der Waals surface area contributed by atoms with E-state index in [-0.39, 0.29) is 12.6 Å². The zero-order valence-corrected chi connectivity index (χ0v) is 18.0. The van der Waals surface area contributed by atoms with Crippen molar-refractivity contribution in [3.8, 4) is 0 Å². The van der Waals surface area contributed by atoms with Gasteiger partial charge in [-0.25, -0.2) is 0 Å². The van der Waals surface area contributed by atoms with Gasteiger partial charge in [0, 0.05) is 11.7 Å². The Morgan fingerprint density at radius 3 is 1.97 bits per heavy atom. The van der Waals surface area contributed by atoms with Crippen molar-refractivity contribution in [1.82, 2.24) is 0 Å². The van der Waals surface area contributed by atoms with E-state index in [9.17, 15) is 4.79 Å². The number of anilines is 1. The van der Waals surface area contributed by atoms with Crippen LogP contribution in [0.5, 0.6) is 0 Å². The van der Waals surface area contributed by atoms with E-state index < -0.39 is 6.04 Å². The highest BCUT2D eigenvalue weighted by Gasteiger charge is 2.09. The van der Waals surface area contributed by atoms with Gasteiger partial charge in [0.1, 0.15) is 12.6 Å². The molecule has 0 heterocycles. The first-order valence-corrected chi connectivity index (χ1v) is 10.00. The minimum absolute atomic E-state index is 0.259. The molecule has 29 heavy (non-hydrogen) atoms. The molecule has 0 amide bonds. The third kappa shape index (κ3) is 7.24. The number of carbonyl (C=O) groups excluding carboxylic acids is 1. The van der Waals surface area contributed by atoms with Gasteiger partial charge in [0.25, 0.3) is 0 Å². The zero-order valence-electron chi connectivity index (χ0n) is 18.0. The summed E-state index contributed by atoms with van der Waals surface area (Å²) in [6.07, 6.45) is 4.21. The van der Waals surface area contributed by atoms with Crippen LogP contribution in [-0.2, 0) is 9.53 Å². The molecule has 0 aliphatic carbocycles. The summed E-state index contributed by atoms with van der Waals surface area (Å²) in [6.45, 7) is 10.1. The number of hydrogen-bond donors (Lipinski definition) is 2. The first-order valence-electron chi connectivity index (χ1n) is 10.00. The van der Waals surface area contributed by atoms with Crippen LogP contribution in [-0.4, -0.2) is 24.7 Å². The molecule has 2 aromatic carbocycles. The van der Waals surface area contributed by atoms with Crippen molar-refractivity contribution in [3.05, 3.63) is 70.8 Å². The van der Waals surface area contributed by atoms with Gasteiger partial charge in [0.2, 0.25) is 0 Å². The average Bonchev–Trinajstić information content (AvgIpc) is 2.70. The molecule has 0 spiro atoms. The lowest BCUT2D eigenvalue weighted by Gasteiger charge is -2.11. The van der Waals surface area contributed by atoms with E-state index in [1.54, 1.807) is 6.92 Å². The molecule has 4 heteroatoms. The third-order valence-electron chi connectivity index (χ3n) is 4.62. The number of allylic oxidation sites excluding steroid dienone is 1. The van der Waals surface area contributed by atoms with Crippen LogP contribution in [0.4, 0.5) is 5.69 Å². The Hall–Kier alpha value is -2.85. The highest BCUT2D eigenvalue weighted by atomic mass is 16.5. The Morgan fingerprint density at radius 2 is 1.48 bits per heavy atom. The predicted molar refractivity (Wildman–Crippen MR) is 123 cm³/mol. The van der Waals surface area contributed by atoms with Crippen LogP contribution in [0, 0.1) is 0 Å². The van der Waals surface area contributed by atoms with Crippen LogP contribution in [0.2, 0.25) is 0 Å². The second-order valence-corrected chi connectivity index (χ2v) is 7.68. The van der Waals surface area contributed by atoms with Gasteiger partial charge >= 0.3 is 5.97 Å². The molecular formula is C25H32N2O2. The van der Waals surface area contributed by atoms with Crippen molar-refractivity contribution in [2.45, 2.75) is 46.7 Å². The molecule has 3 N–H and O–H groups in total. The molecule has 2 rings (SSSR count). The lowest BCUT2D eigenvalue weighted by molar-refractivity contribution is -0.143. The summed E-state index contributed by atoms with van der Waals surface area (Å²) in [6, 6.07) is 16.6. The molecule has 0 aliphatic heterocycles. The number of nitrogens with one attached hydrogen (secondary N) is 1. The van der Waals surface area contributed by atoms with E-state index in [0.29, 0.717) is 6.04 Å². The number of hydrogen-bond acceptors (Lipinski definition) is 4. The Morgan fingerprint density at radius 1 is 0.966 bits per heavy atom. The maximum absolute atomic E-state index is 11.5. The first-order chi connectivity index (χ1) is 13.8. The van der Waals surface area contributed by atoms with Crippen molar-refractivity contribution in [2.24, 2.45) is 5.73 Å². The SMILES string of the molecule is C/C(COC(=O)C(C)N)=C(/C)c1ccc(/C=C/c2ccc(NC(C)C)cc2)cc1. The summed E-state index contributed by atoms with van der Waals surface area (Å²) in [5.41, 5.74) is 12.2. The summed E-state index contributed by atoms with van der Waals surface area (Å²) in [5.74, 6) is -0.384. The van der Waals surface area contributed by atoms with Crippen LogP contribution in [0.1, 0.15) is 51.3 Å². The van der Waals surface area contributed by atoms with E-state index in [1.807, 2.05) is 13.8 Å². The summed E-state index contributed by atoms with van der Waals surface area (Å²) in [5, 5.41) is 3.39. The molecule has 0 saturated carbocycles. The fourth-order valence-corrected chi connectivity index (χ4v) is 2.73. The van der Waals surface area contributed by atoms with Gasteiger partial charge in [-0.1, -0.05) is 48.6 Å². The topological polar surface area (TPSA) is 64.3 Å². The number of benzene rings is 2. The van der Waals surface area contributed by atoms with Gasteiger partial charge in [0.05, 0.1) is 0 Å². The fourth-order valence-electron chi connectivity index (χ4n) is 2.73. The van der Waals surface area contributed by atoms with Crippen molar-refractivity contribution in [3.63, 3.8) is 0 Å². The Labute approximate surface area is 174 Å². The molecule has 0 fully saturated rings. The lowest BCUT2D eigenvalue weighted by atomic mass is 10.0. The third-order valence-corrected chi connectivity index (χ3v) is 4.62. The molecule has 0 radical (unpaired) electrons. The van der Waals surface area contributed by atoms with E-state index >= 15 is 0 Å². The largest absolute Gasteiger partial charge is 0.460 e. The maximum atomic E-state index is 11.5. The Bertz CT molecular complexity index is 861. The van der Waals surface area contributed by atoms with Gasteiger partial charge in [0.15, 0.2) is 0 Å². The zero-order chi connectivity index (χ0) is 21.4. The van der Waals surface area contributed by atoms with Gasteiger partial charge < -0.3 is 15.8 Å². The van der Waals surface area contributed by atoms with E-state index in [1.165, 1.54) is 0 Å². The van der Waals surface area contributed by atoms with Crippen molar-refractivity contribution < 1.29 is 9.53 Å². The van der Waals surface area contributed by atoms with Crippen LogP contribution in [0.3, 0.4) is 0 Å². The van der Waals surface area contributed by atoms with Gasteiger partial charge in [-0.15, -0.1) is 0 Å². The minimum Gasteiger partial charge on any atom is -0.460 e. The smallest absolute Gasteiger partial charge is 0.322 e. The molecule has 0 saturated heterocycles. The van der Waals surface area contributed by atoms with E-state index in [0.717, 1.165) is 33.5 Å². The summed E-state index contributed by atoms with van der Waals surface area (Å²) >= 11 is 0. The van der Waals surface area contributed by atoms with E-state index in [4.69, 9.17) is 10.5 Å². The molecule has 0 aliphatic rings. The highest BCUT2D eigenvalue weighted by Crippen LogP contribution is 2.20. The van der Waals surface area contributed by atoms with Gasteiger partial charge in [-0.05, 0) is 74.6 Å². The van der Waals surface area contributed by atoms with E-state index in [2.05, 4.69) is 79.8 Å². The van der Waals surface area contributed by atoms with Gasteiger partial charge in [-0.3, -0.25) is 4.79 Å². The van der Waals surface area contributed by atoms with Crippen molar-refractivity contribution in [1.29, 1.82) is 0 Å². The molecule has 1 unspecified atom stereocenters. The number of nitrogens with two attached hydrogens (primary N) is 1. The molecule has 2 aromatic rings. The van der Waals surface area contributed by atoms with Crippen LogP contribution < -0.4 is 11.1 Å². The molecule has 4 nitrogen and oxygen atoms in total.